The molecule has 0 unspecified atom stereocenters. The maximum absolute atomic E-state index is 11.9. The van der Waals surface area contributed by atoms with Crippen molar-refractivity contribution in [2.45, 2.75) is 46.1 Å². The molecule has 2 aromatic carbocycles. The molecule has 0 spiro atoms. The van der Waals surface area contributed by atoms with Crippen molar-refractivity contribution < 1.29 is 24.9 Å². The van der Waals surface area contributed by atoms with Crippen molar-refractivity contribution in [3.63, 3.8) is 0 Å². The van der Waals surface area contributed by atoms with E-state index in [0.717, 1.165) is 17.3 Å². The summed E-state index contributed by atoms with van der Waals surface area (Å²) in [5.74, 6) is 0.251. The summed E-state index contributed by atoms with van der Waals surface area (Å²) < 4.78 is 9.30. The zero-order chi connectivity index (χ0) is 27.4. The molecule has 0 radical (unpaired) electrons. The number of phenolic OH excluding ortho intramolecular Hbond substituents is 2. The first-order valence-electron chi connectivity index (χ1n) is 12.8. The van der Waals surface area contributed by atoms with Crippen LogP contribution < -0.4 is 0 Å². The Morgan fingerprint density at radius 1 is 1.05 bits per heavy atom. The molecule has 0 atom stereocenters. The van der Waals surface area contributed by atoms with Crippen LogP contribution in [0.2, 0.25) is 0 Å². The van der Waals surface area contributed by atoms with E-state index in [1.807, 2.05) is 51.2 Å². The van der Waals surface area contributed by atoms with Gasteiger partial charge in [0.1, 0.15) is 11.5 Å². The molecule has 4 aromatic rings. The third-order valence-electron chi connectivity index (χ3n) is 6.60. The predicted molar refractivity (Wildman–Crippen MR) is 145 cm³/mol. The van der Waals surface area contributed by atoms with Gasteiger partial charge in [-0.3, -0.25) is 4.79 Å². The molecular formula is C28H35N5O5. The molecule has 0 saturated heterocycles. The topological polar surface area (TPSA) is 126 Å². The zero-order valence-electron chi connectivity index (χ0n) is 22.3. The van der Waals surface area contributed by atoms with Gasteiger partial charge < -0.3 is 29.5 Å². The standard InChI is InChI=1S/C28H35N5O5/c1-5-6-26(36)31(4)11-13-38-14-12-32-10-9-19-15-20(7-8-23(19)32)33-27(29-30-28(33)37)22-16-21(18(2)3)24(34)17-25(22)35/h7-10,15-18,34-35H,5-6,11-14H2,1-4H3,(H,30,37). The molecule has 38 heavy (non-hydrogen) atoms. The van der Waals surface area contributed by atoms with Crippen molar-refractivity contribution in [3.8, 4) is 34.6 Å². The van der Waals surface area contributed by atoms with Crippen LogP contribution in [-0.4, -0.2) is 72.3 Å². The van der Waals surface area contributed by atoms with Crippen LogP contribution in [0.4, 0.5) is 0 Å². The molecule has 1 amide bonds. The summed E-state index contributed by atoms with van der Waals surface area (Å²) in [6, 6.07) is 10.3. The molecule has 0 aliphatic carbocycles. The predicted octanol–water partition coefficient (Wildman–Crippen LogP) is 4.40. The van der Waals surface area contributed by atoms with E-state index in [1.54, 1.807) is 18.0 Å². The number of phenols is 2. The van der Waals surface area contributed by atoms with Gasteiger partial charge in [0.15, 0.2) is 5.82 Å². The van der Waals surface area contributed by atoms with Gasteiger partial charge in [-0.05, 0) is 48.2 Å². The summed E-state index contributed by atoms with van der Waals surface area (Å²) in [4.78, 5) is 13.6. The quantitative estimate of drug-likeness (QED) is 0.250. The molecule has 0 aliphatic rings. The second-order valence-corrected chi connectivity index (χ2v) is 9.67. The number of likely N-dealkylation sites (N-methyl/N-ethyl adjacent to an activating group) is 1. The monoisotopic (exact) mass is 521 g/mol. The molecule has 0 bridgehead atoms. The Bertz CT molecular complexity index is 1420. The fraction of sp³-hybridized carbons (Fsp3) is 0.393. The molecule has 10 nitrogen and oxygen atoms in total. The number of carbonyl (C=O) groups excluding carboxylic acids is 1. The van der Waals surface area contributed by atoms with Crippen molar-refractivity contribution in [2.75, 3.05) is 26.8 Å². The highest BCUT2D eigenvalue weighted by atomic mass is 16.5. The van der Waals surface area contributed by atoms with E-state index in [1.165, 1.54) is 10.6 Å². The Hall–Kier alpha value is -4.05. The number of benzene rings is 2. The second-order valence-electron chi connectivity index (χ2n) is 9.67. The first-order chi connectivity index (χ1) is 18.2. The Morgan fingerprint density at radius 3 is 2.58 bits per heavy atom. The molecule has 202 valence electrons. The van der Waals surface area contributed by atoms with Gasteiger partial charge in [-0.1, -0.05) is 25.9 Å². The minimum absolute atomic E-state index is 0.000258. The highest BCUT2D eigenvalue weighted by molar-refractivity contribution is 5.83. The summed E-state index contributed by atoms with van der Waals surface area (Å²) in [5.41, 5.74) is 2.63. The number of hydrogen-bond donors (Lipinski definition) is 3. The van der Waals surface area contributed by atoms with Gasteiger partial charge in [0.2, 0.25) is 5.91 Å². The summed E-state index contributed by atoms with van der Waals surface area (Å²) in [6.07, 6.45) is 3.36. The van der Waals surface area contributed by atoms with Gasteiger partial charge in [0.25, 0.3) is 0 Å². The number of nitrogens with zero attached hydrogens (tertiary/aromatic N) is 5. The van der Waals surface area contributed by atoms with Crippen LogP contribution in [0.25, 0.3) is 28.0 Å². The number of carbonyl (C=O) groups is 1. The molecule has 0 fully saturated rings. The molecule has 3 N–H and O–H groups in total. The number of fused-ring (bicyclic) bond motifs is 1. The fourth-order valence-electron chi connectivity index (χ4n) is 4.44. The van der Waals surface area contributed by atoms with Gasteiger partial charge in [-0.15, -0.1) is 5.10 Å². The van der Waals surface area contributed by atoms with Gasteiger partial charge in [-0.25, -0.2) is 4.57 Å². The Labute approximate surface area is 221 Å². The lowest BCUT2D eigenvalue weighted by Crippen LogP contribution is -2.30. The van der Waals surface area contributed by atoms with Gasteiger partial charge in [-0.2, -0.15) is 0 Å². The maximum Gasteiger partial charge on any atom is 0.319 e. The summed E-state index contributed by atoms with van der Waals surface area (Å²) in [5, 5.41) is 40.2. The zero-order valence-corrected chi connectivity index (χ0v) is 22.3. The van der Waals surface area contributed by atoms with Gasteiger partial charge in [0.05, 0.1) is 24.5 Å². The van der Waals surface area contributed by atoms with Crippen LogP contribution in [0.15, 0.2) is 42.6 Å². The van der Waals surface area contributed by atoms with Crippen LogP contribution in [0, 0.1) is 0 Å². The van der Waals surface area contributed by atoms with E-state index in [2.05, 4.69) is 14.8 Å². The van der Waals surface area contributed by atoms with E-state index < -0.39 is 0 Å². The summed E-state index contributed by atoms with van der Waals surface area (Å²) >= 11 is 0. The molecule has 10 heteroatoms. The molecular weight excluding hydrogens is 486 g/mol. The Morgan fingerprint density at radius 2 is 1.84 bits per heavy atom. The molecule has 2 heterocycles. The van der Waals surface area contributed by atoms with E-state index in [4.69, 9.17) is 4.74 Å². The summed E-state index contributed by atoms with van der Waals surface area (Å²) in [7, 11) is 1.80. The van der Waals surface area contributed by atoms with Crippen LogP contribution in [0.1, 0.15) is 45.1 Å². The van der Waals surface area contributed by atoms with Crippen molar-refractivity contribution in [1.29, 1.82) is 0 Å². The van der Waals surface area contributed by atoms with E-state index in [0.29, 0.717) is 49.5 Å². The van der Waals surface area contributed by atoms with Crippen molar-refractivity contribution in [1.82, 2.24) is 24.2 Å². The van der Waals surface area contributed by atoms with E-state index >= 15 is 0 Å². The number of amides is 1. The van der Waals surface area contributed by atoms with Gasteiger partial charge >= 0.3 is 6.01 Å². The number of rotatable bonds is 11. The number of hydrogen-bond acceptors (Lipinski definition) is 7. The smallest absolute Gasteiger partial charge is 0.319 e. The van der Waals surface area contributed by atoms with Crippen LogP contribution >= 0.6 is 0 Å². The lowest BCUT2D eigenvalue weighted by molar-refractivity contribution is -0.130. The second kappa shape index (κ2) is 11.6. The van der Waals surface area contributed by atoms with Crippen molar-refractivity contribution in [2.24, 2.45) is 0 Å². The highest BCUT2D eigenvalue weighted by Gasteiger charge is 2.21. The van der Waals surface area contributed by atoms with Crippen LogP contribution in [0.5, 0.6) is 17.5 Å². The molecule has 4 rings (SSSR count). The third kappa shape index (κ3) is 5.60. The largest absolute Gasteiger partial charge is 0.508 e. The Kier molecular flexibility index (Phi) is 8.21. The molecule has 2 aromatic heterocycles. The molecule has 0 saturated carbocycles. The summed E-state index contributed by atoms with van der Waals surface area (Å²) in [6.45, 7) is 8.07. The number of aromatic nitrogens is 4. The first kappa shape index (κ1) is 27.0. The lowest BCUT2D eigenvalue weighted by Gasteiger charge is -2.17. The number of ether oxygens (including phenoxy) is 1. The first-order valence-corrected chi connectivity index (χ1v) is 12.8. The van der Waals surface area contributed by atoms with E-state index in [-0.39, 0.29) is 35.2 Å². The van der Waals surface area contributed by atoms with E-state index in [9.17, 15) is 20.1 Å². The maximum atomic E-state index is 11.9. The third-order valence-corrected chi connectivity index (χ3v) is 6.60. The van der Waals surface area contributed by atoms with Crippen LogP contribution in [-0.2, 0) is 16.1 Å². The lowest BCUT2D eigenvalue weighted by atomic mass is 9.98. The average Bonchev–Trinajstić information content (AvgIpc) is 3.46. The highest BCUT2D eigenvalue weighted by Crippen LogP contribution is 2.39. The normalized spacial score (nSPS) is 11.5. The van der Waals surface area contributed by atoms with Crippen LogP contribution in [0.3, 0.4) is 0 Å². The minimum Gasteiger partial charge on any atom is -0.508 e. The van der Waals surface area contributed by atoms with Crippen molar-refractivity contribution >= 4 is 16.8 Å². The fourth-order valence-corrected chi connectivity index (χ4v) is 4.44. The Balaban J connectivity index is 1.51. The number of aromatic hydroxyl groups is 3. The van der Waals surface area contributed by atoms with Crippen molar-refractivity contribution in [3.05, 3.63) is 48.2 Å². The SMILES string of the molecule is CCCC(=O)N(C)CCOCCn1ccc2cc(-n3c(O)nnc3-c3cc(C(C)C)c(O)cc3O)ccc21. The average molecular weight is 522 g/mol. The van der Waals surface area contributed by atoms with Gasteiger partial charge in [0, 0.05) is 49.7 Å². The molecule has 0 aliphatic heterocycles. The minimum atomic E-state index is -0.312.